The van der Waals surface area contributed by atoms with Crippen LogP contribution in [-0.4, -0.2) is 45.9 Å². The Labute approximate surface area is 228 Å². The van der Waals surface area contributed by atoms with Crippen molar-refractivity contribution in [3.8, 4) is 11.5 Å². The van der Waals surface area contributed by atoms with Crippen LogP contribution in [0.1, 0.15) is 59.8 Å². The number of carboxylic acids is 1. The van der Waals surface area contributed by atoms with Gasteiger partial charge in [-0.25, -0.2) is 4.98 Å². The van der Waals surface area contributed by atoms with Gasteiger partial charge in [-0.3, -0.25) is 14.4 Å². The average Bonchev–Trinajstić information content (AvgIpc) is 3.62. The van der Waals surface area contributed by atoms with Gasteiger partial charge in [0, 0.05) is 24.3 Å². The molecule has 2 amide bonds. The topological polar surface area (TPSA) is 113 Å². The van der Waals surface area contributed by atoms with Crippen LogP contribution in [0.15, 0.2) is 59.0 Å². The number of benzene rings is 2. The summed E-state index contributed by atoms with van der Waals surface area (Å²) in [5.41, 5.74) is 0.756. The molecule has 2 fully saturated rings. The van der Waals surface area contributed by atoms with Gasteiger partial charge in [-0.2, -0.15) is 13.2 Å². The summed E-state index contributed by atoms with van der Waals surface area (Å²) in [6.07, 6.45) is -1.60. The van der Waals surface area contributed by atoms with Gasteiger partial charge in [0.25, 0.3) is 5.91 Å². The highest BCUT2D eigenvalue weighted by atomic mass is 19.4. The molecular formula is C29H28F3N3O5. The molecule has 8 nitrogen and oxygen atoms in total. The van der Waals surface area contributed by atoms with Crippen LogP contribution in [0.3, 0.4) is 0 Å². The molecule has 0 radical (unpaired) electrons. The normalized spacial score (nSPS) is 19.9. The highest BCUT2D eigenvalue weighted by molar-refractivity contribution is 6.04. The summed E-state index contributed by atoms with van der Waals surface area (Å²) in [5.74, 6) is -4.70. The Bertz CT molecular complexity index is 1380. The number of nitrogens with zero attached hydrogens (tertiary/aromatic N) is 2. The molecule has 1 aliphatic heterocycles. The van der Waals surface area contributed by atoms with Crippen molar-refractivity contribution in [3.63, 3.8) is 0 Å². The molecule has 2 aromatic carbocycles. The van der Waals surface area contributed by atoms with Gasteiger partial charge >= 0.3 is 12.1 Å². The van der Waals surface area contributed by atoms with E-state index in [2.05, 4.69) is 10.3 Å². The maximum absolute atomic E-state index is 13.6. The van der Waals surface area contributed by atoms with E-state index >= 15 is 0 Å². The number of alkyl halides is 3. The van der Waals surface area contributed by atoms with Crippen molar-refractivity contribution in [1.29, 1.82) is 0 Å². The minimum atomic E-state index is -4.90. The molecule has 40 heavy (non-hydrogen) atoms. The van der Waals surface area contributed by atoms with Crippen molar-refractivity contribution in [3.05, 3.63) is 71.6 Å². The average molecular weight is 556 g/mol. The summed E-state index contributed by atoms with van der Waals surface area (Å²) in [6.45, 7) is 1.06. The Balaban J connectivity index is 1.22. The maximum atomic E-state index is 13.6. The monoisotopic (exact) mass is 555 g/mol. The number of aromatic nitrogens is 1. The van der Waals surface area contributed by atoms with Crippen molar-refractivity contribution in [2.75, 3.05) is 18.4 Å². The van der Waals surface area contributed by atoms with Crippen molar-refractivity contribution in [2.45, 2.75) is 44.2 Å². The van der Waals surface area contributed by atoms with Gasteiger partial charge in [-0.1, -0.05) is 36.8 Å². The summed E-state index contributed by atoms with van der Waals surface area (Å²) in [7, 11) is 0. The number of carboxylic acid groups (broad SMARTS) is 1. The number of carbonyl (C=O) groups is 3. The number of amides is 2. The van der Waals surface area contributed by atoms with Gasteiger partial charge in [0.05, 0.1) is 11.8 Å². The second kappa shape index (κ2) is 11.1. The zero-order valence-corrected chi connectivity index (χ0v) is 21.5. The molecule has 1 aliphatic carbocycles. The second-order valence-electron chi connectivity index (χ2n) is 10.2. The summed E-state index contributed by atoms with van der Waals surface area (Å²) >= 11 is 0. The number of oxazole rings is 1. The van der Waals surface area contributed by atoms with E-state index in [-0.39, 0.29) is 17.7 Å². The minimum Gasteiger partial charge on any atom is -0.481 e. The Hall–Kier alpha value is -4.15. The second-order valence-corrected chi connectivity index (χ2v) is 10.2. The molecular weight excluding hydrogens is 527 g/mol. The molecule has 2 aliphatic rings. The molecule has 1 saturated carbocycles. The third-order valence-corrected chi connectivity index (χ3v) is 7.72. The van der Waals surface area contributed by atoms with Crippen LogP contribution in [0, 0.1) is 11.8 Å². The third-order valence-electron chi connectivity index (χ3n) is 7.72. The maximum Gasteiger partial charge on any atom is 0.452 e. The van der Waals surface area contributed by atoms with Crippen LogP contribution >= 0.6 is 0 Å². The fraction of sp³-hybridized carbons (Fsp3) is 0.379. The van der Waals surface area contributed by atoms with Gasteiger partial charge in [-0.15, -0.1) is 0 Å². The number of aliphatic carboxylic acids is 1. The zero-order chi connectivity index (χ0) is 28.4. The van der Waals surface area contributed by atoms with E-state index in [4.69, 9.17) is 4.42 Å². The lowest BCUT2D eigenvalue weighted by atomic mass is 9.88. The van der Waals surface area contributed by atoms with Crippen molar-refractivity contribution in [2.24, 2.45) is 11.8 Å². The highest BCUT2D eigenvalue weighted by Crippen LogP contribution is 2.37. The van der Waals surface area contributed by atoms with Gasteiger partial charge in [-0.05, 0) is 61.4 Å². The molecule has 3 aromatic rings. The van der Waals surface area contributed by atoms with Gasteiger partial charge in [0.1, 0.15) is 0 Å². The van der Waals surface area contributed by atoms with Crippen LogP contribution in [0.4, 0.5) is 18.9 Å². The van der Waals surface area contributed by atoms with Crippen LogP contribution in [0.25, 0.3) is 11.5 Å². The molecule has 1 saturated heterocycles. The number of likely N-dealkylation sites (tertiary alicyclic amines) is 1. The molecule has 1 aromatic heterocycles. The van der Waals surface area contributed by atoms with E-state index in [1.165, 1.54) is 12.1 Å². The number of nitrogens with one attached hydrogen (secondary N) is 1. The third kappa shape index (κ3) is 5.73. The number of hydrogen-bond donors (Lipinski definition) is 2. The van der Waals surface area contributed by atoms with E-state index < -0.39 is 41.3 Å². The van der Waals surface area contributed by atoms with Crippen molar-refractivity contribution >= 4 is 23.5 Å². The zero-order valence-electron chi connectivity index (χ0n) is 21.5. The number of anilines is 1. The Morgan fingerprint density at radius 2 is 1.57 bits per heavy atom. The van der Waals surface area contributed by atoms with Crippen molar-refractivity contribution < 1.29 is 37.1 Å². The van der Waals surface area contributed by atoms with E-state index in [0.29, 0.717) is 50.0 Å². The fourth-order valence-electron chi connectivity index (χ4n) is 5.62. The fourth-order valence-corrected chi connectivity index (χ4v) is 5.62. The Morgan fingerprint density at radius 1 is 0.925 bits per heavy atom. The lowest BCUT2D eigenvalue weighted by molar-refractivity contribution is -0.153. The molecule has 210 valence electrons. The summed E-state index contributed by atoms with van der Waals surface area (Å²) in [6, 6.07) is 14.9. The largest absolute Gasteiger partial charge is 0.481 e. The van der Waals surface area contributed by atoms with E-state index in [1.54, 1.807) is 47.4 Å². The van der Waals surface area contributed by atoms with Crippen molar-refractivity contribution in [1.82, 2.24) is 9.88 Å². The summed E-state index contributed by atoms with van der Waals surface area (Å²) < 4.78 is 45.7. The van der Waals surface area contributed by atoms with Crippen LogP contribution < -0.4 is 5.32 Å². The molecule has 2 atom stereocenters. The van der Waals surface area contributed by atoms with Crippen LogP contribution in [0.5, 0.6) is 0 Å². The lowest BCUT2D eigenvalue weighted by Crippen LogP contribution is -2.43. The first-order valence-electron chi connectivity index (χ1n) is 13.2. The molecule has 0 spiro atoms. The predicted octanol–water partition coefficient (Wildman–Crippen LogP) is 5.82. The quantitative estimate of drug-likeness (QED) is 0.396. The Morgan fingerprint density at radius 3 is 2.20 bits per heavy atom. The first-order chi connectivity index (χ1) is 19.1. The molecule has 5 rings (SSSR count). The minimum absolute atomic E-state index is 0.0806. The smallest absolute Gasteiger partial charge is 0.452 e. The predicted molar refractivity (Wildman–Crippen MR) is 138 cm³/mol. The van der Waals surface area contributed by atoms with E-state index in [9.17, 15) is 32.7 Å². The van der Waals surface area contributed by atoms with E-state index in [1.807, 2.05) is 0 Å². The van der Waals surface area contributed by atoms with E-state index in [0.717, 1.165) is 12.0 Å². The summed E-state index contributed by atoms with van der Waals surface area (Å²) in [5, 5.41) is 11.9. The summed E-state index contributed by atoms with van der Waals surface area (Å²) in [4.78, 5) is 42.8. The lowest BCUT2D eigenvalue weighted by Gasteiger charge is -2.34. The molecule has 2 heterocycles. The number of hydrogen-bond acceptors (Lipinski definition) is 5. The molecule has 0 bridgehead atoms. The van der Waals surface area contributed by atoms with Gasteiger partial charge < -0.3 is 19.7 Å². The first kappa shape index (κ1) is 27.4. The molecule has 11 heteroatoms. The first-order valence-corrected chi connectivity index (χ1v) is 13.2. The number of carbonyl (C=O) groups excluding carboxylic acids is 2. The number of halogens is 3. The van der Waals surface area contributed by atoms with Gasteiger partial charge in [0.2, 0.25) is 17.6 Å². The number of rotatable bonds is 6. The SMILES string of the molecule is O=C(Nc1ccc(C2CCN(C(=O)[C@@H]3CCCC3C(=O)O)CC2)cc1)c1nc(-c2ccccc2)oc1C(F)(F)F. The highest BCUT2D eigenvalue weighted by Gasteiger charge is 2.42. The number of piperidine rings is 1. The molecule has 1 unspecified atom stereocenters. The standard InChI is InChI=1S/C29H28F3N3O5/c30-29(31,32)24-23(34-26(40-24)19-5-2-1-3-6-19)25(36)33-20-11-9-17(10-12-20)18-13-15-35(16-14-18)27(37)21-7-4-8-22(21)28(38)39/h1-3,5-6,9-12,18,21-22H,4,7-8,13-16H2,(H,33,36)(H,38,39)/t21-,22?/m1/s1. The Kier molecular flexibility index (Phi) is 7.64. The van der Waals surface area contributed by atoms with Crippen LogP contribution in [-0.2, 0) is 15.8 Å². The molecule has 2 N–H and O–H groups in total. The van der Waals surface area contributed by atoms with Gasteiger partial charge in [0.15, 0.2) is 5.69 Å². The van der Waals surface area contributed by atoms with Crippen LogP contribution in [0.2, 0.25) is 0 Å².